The van der Waals surface area contributed by atoms with Gasteiger partial charge in [0.25, 0.3) is 10.0 Å². The number of para-hydroxylation sites is 1. The molecule has 0 spiro atoms. The van der Waals surface area contributed by atoms with Crippen LogP contribution in [0.15, 0.2) is 59.5 Å². The Balaban J connectivity index is 1.89. The Morgan fingerprint density at radius 2 is 1.79 bits per heavy atom. The number of ether oxygens (including phenoxy) is 2. The van der Waals surface area contributed by atoms with E-state index in [1.165, 1.54) is 14.2 Å². The maximum absolute atomic E-state index is 14.6. The lowest BCUT2D eigenvalue weighted by atomic mass is 10.2. The Labute approximate surface area is 198 Å². The van der Waals surface area contributed by atoms with Crippen LogP contribution in [0.3, 0.4) is 0 Å². The molecular formula is C22H17ClF2N2O4S2. The first-order valence-electron chi connectivity index (χ1n) is 9.48. The minimum atomic E-state index is -4.54. The largest absolute Gasteiger partial charge is 0.497 e. The van der Waals surface area contributed by atoms with E-state index in [1.807, 2.05) is 0 Å². The van der Waals surface area contributed by atoms with Gasteiger partial charge in [-0.3, -0.25) is 0 Å². The van der Waals surface area contributed by atoms with Gasteiger partial charge in [-0.25, -0.2) is 26.5 Å². The predicted octanol–water partition coefficient (Wildman–Crippen LogP) is 5.64. The zero-order valence-corrected chi connectivity index (χ0v) is 19.8. The molecule has 0 amide bonds. The second-order valence-electron chi connectivity index (χ2n) is 6.85. The summed E-state index contributed by atoms with van der Waals surface area (Å²) in [6, 6.07) is 13.2. The van der Waals surface area contributed by atoms with Crippen LogP contribution in [0.4, 0.5) is 13.9 Å². The van der Waals surface area contributed by atoms with E-state index in [0.29, 0.717) is 28.6 Å². The summed E-state index contributed by atoms with van der Waals surface area (Å²) in [7, 11) is -1.61. The van der Waals surface area contributed by atoms with E-state index in [2.05, 4.69) is 4.98 Å². The van der Waals surface area contributed by atoms with Gasteiger partial charge in [-0.2, -0.15) is 0 Å². The molecule has 0 saturated carbocycles. The minimum Gasteiger partial charge on any atom is -0.497 e. The van der Waals surface area contributed by atoms with E-state index in [-0.39, 0.29) is 11.7 Å². The first-order valence-corrected chi connectivity index (χ1v) is 12.1. The summed E-state index contributed by atoms with van der Waals surface area (Å²) in [6.45, 7) is -0.232. The van der Waals surface area contributed by atoms with E-state index >= 15 is 0 Å². The van der Waals surface area contributed by atoms with Crippen molar-refractivity contribution in [3.05, 3.63) is 76.8 Å². The average molecular weight is 511 g/mol. The zero-order chi connectivity index (χ0) is 23.8. The Morgan fingerprint density at radius 3 is 2.48 bits per heavy atom. The Morgan fingerprint density at radius 1 is 1.03 bits per heavy atom. The number of aromatic nitrogens is 1. The van der Waals surface area contributed by atoms with Gasteiger partial charge in [0, 0.05) is 17.7 Å². The second-order valence-corrected chi connectivity index (χ2v) is 10.1. The number of sulfonamides is 1. The Hall–Kier alpha value is -2.95. The molecule has 0 aliphatic carbocycles. The Bertz CT molecular complexity index is 1410. The molecule has 4 aromatic rings. The molecule has 1 aromatic heterocycles. The SMILES string of the molecule is COc1ccc(CN(c2nc3ccccc3s2)S(=O)(=O)c2cc(Cl)c(F)cc2F)c(OC)c1. The van der Waals surface area contributed by atoms with Gasteiger partial charge < -0.3 is 9.47 Å². The third-order valence-corrected chi connectivity index (χ3v) is 8.06. The van der Waals surface area contributed by atoms with Crippen molar-refractivity contribution < 1.29 is 26.7 Å². The number of hydrogen-bond acceptors (Lipinski definition) is 6. The molecule has 11 heteroatoms. The molecule has 3 aromatic carbocycles. The molecule has 0 bridgehead atoms. The quantitative estimate of drug-likeness (QED) is 0.301. The van der Waals surface area contributed by atoms with Crippen molar-refractivity contribution in [2.45, 2.75) is 11.4 Å². The van der Waals surface area contributed by atoms with E-state index in [1.54, 1.807) is 42.5 Å². The van der Waals surface area contributed by atoms with Gasteiger partial charge in [-0.1, -0.05) is 35.1 Å². The molecule has 0 aliphatic rings. The van der Waals surface area contributed by atoms with Gasteiger partial charge in [0.15, 0.2) is 0 Å². The van der Waals surface area contributed by atoms with Crippen LogP contribution in [0.25, 0.3) is 10.2 Å². The van der Waals surface area contributed by atoms with Crippen molar-refractivity contribution in [1.29, 1.82) is 0 Å². The number of rotatable bonds is 7. The summed E-state index contributed by atoms with van der Waals surface area (Å²) in [5.41, 5.74) is 1.06. The first kappa shape index (κ1) is 23.2. The van der Waals surface area contributed by atoms with E-state index in [9.17, 15) is 17.2 Å². The second kappa shape index (κ2) is 9.12. The molecule has 33 heavy (non-hydrogen) atoms. The third-order valence-electron chi connectivity index (χ3n) is 4.85. The third kappa shape index (κ3) is 4.46. The molecule has 0 aliphatic heterocycles. The van der Waals surface area contributed by atoms with Gasteiger partial charge in [0.1, 0.15) is 28.0 Å². The van der Waals surface area contributed by atoms with Crippen molar-refractivity contribution in [3.8, 4) is 11.5 Å². The van der Waals surface area contributed by atoms with Crippen LogP contribution >= 0.6 is 22.9 Å². The number of benzene rings is 3. The van der Waals surface area contributed by atoms with Gasteiger partial charge >= 0.3 is 0 Å². The number of fused-ring (bicyclic) bond motifs is 1. The highest BCUT2D eigenvalue weighted by Crippen LogP contribution is 2.36. The first-order chi connectivity index (χ1) is 15.7. The molecule has 0 saturated heterocycles. The molecule has 1 heterocycles. The number of hydrogen-bond donors (Lipinski definition) is 0. The number of thiazole rings is 1. The van der Waals surface area contributed by atoms with Crippen molar-refractivity contribution in [3.63, 3.8) is 0 Å². The van der Waals surface area contributed by atoms with Gasteiger partial charge in [0.05, 0.1) is 36.0 Å². The van der Waals surface area contributed by atoms with Gasteiger partial charge in [-0.05, 0) is 30.3 Å². The zero-order valence-electron chi connectivity index (χ0n) is 17.4. The van der Waals surface area contributed by atoms with Crippen molar-refractivity contribution in [1.82, 2.24) is 4.98 Å². The lowest BCUT2D eigenvalue weighted by Crippen LogP contribution is -2.31. The van der Waals surface area contributed by atoms with E-state index < -0.39 is 31.6 Å². The number of nitrogens with zero attached hydrogens (tertiary/aromatic N) is 2. The standard InChI is InChI=1S/C22H17ClF2N2O4S2/c1-30-14-8-7-13(19(9-14)31-2)12-27(22-26-18-5-3-4-6-20(18)32-22)33(28,29)21-10-15(23)16(24)11-17(21)25/h3-11H,12H2,1-2H3. The number of methoxy groups -OCH3 is 2. The number of anilines is 1. The van der Waals surface area contributed by atoms with E-state index in [4.69, 9.17) is 21.1 Å². The van der Waals surface area contributed by atoms with Crippen LogP contribution in [0.1, 0.15) is 5.56 Å². The topological polar surface area (TPSA) is 68.7 Å². The van der Waals surface area contributed by atoms with Crippen LogP contribution in [0.2, 0.25) is 5.02 Å². The van der Waals surface area contributed by atoms with E-state index in [0.717, 1.165) is 26.4 Å². The maximum Gasteiger partial charge on any atom is 0.269 e. The summed E-state index contributed by atoms with van der Waals surface area (Å²) in [6.07, 6.45) is 0. The summed E-state index contributed by atoms with van der Waals surface area (Å²) < 4.78 is 67.9. The van der Waals surface area contributed by atoms with Crippen molar-refractivity contribution >= 4 is 48.3 Å². The van der Waals surface area contributed by atoms with Crippen LogP contribution in [-0.4, -0.2) is 27.6 Å². The van der Waals surface area contributed by atoms with Crippen molar-refractivity contribution in [2.24, 2.45) is 0 Å². The van der Waals surface area contributed by atoms with Crippen LogP contribution in [0.5, 0.6) is 11.5 Å². The minimum absolute atomic E-state index is 0.105. The highest BCUT2D eigenvalue weighted by atomic mass is 35.5. The molecule has 0 fully saturated rings. The molecule has 0 unspecified atom stereocenters. The molecule has 0 N–H and O–H groups in total. The highest BCUT2D eigenvalue weighted by molar-refractivity contribution is 7.93. The summed E-state index contributed by atoms with van der Waals surface area (Å²) in [5.74, 6) is -1.43. The smallest absolute Gasteiger partial charge is 0.269 e. The van der Waals surface area contributed by atoms with Crippen LogP contribution in [-0.2, 0) is 16.6 Å². The summed E-state index contributed by atoms with van der Waals surface area (Å²) in [5, 5.41) is -0.407. The fourth-order valence-electron chi connectivity index (χ4n) is 3.18. The predicted molar refractivity (Wildman–Crippen MR) is 124 cm³/mol. The fraction of sp³-hybridized carbons (Fsp3) is 0.136. The molecule has 0 atom stereocenters. The summed E-state index contributed by atoms with van der Waals surface area (Å²) in [4.78, 5) is 3.67. The lowest BCUT2D eigenvalue weighted by Gasteiger charge is -2.23. The molecule has 172 valence electrons. The Kier molecular flexibility index (Phi) is 6.42. The normalized spacial score (nSPS) is 11.5. The molecule has 4 rings (SSSR count). The van der Waals surface area contributed by atoms with Gasteiger partial charge in [0.2, 0.25) is 5.13 Å². The highest BCUT2D eigenvalue weighted by Gasteiger charge is 2.32. The molecule has 6 nitrogen and oxygen atoms in total. The van der Waals surface area contributed by atoms with Gasteiger partial charge in [-0.15, -0.1) is 0 Å². The van der Waals surface area contributed by atoms with Crippen LogP contribution < -0.4 is 13.8 Å². The van der Waals surface area contributed by atoms with Crippen molar-refractivity contribution in [2.75, 3.05) is 18.5 Å². The van der Waals surface area contributed by atoms with Crippen LogP contribution in [0, 0.1) is 11.6 Å². The fourth-order valence-corrected chi connectivity index (χ4v) is 6.05. The average Bonchev–Trinajstić information content (AvgIpc) is 3.23. The monoisotopic (exact) mass is 510 g/mol. The molecular weight excluding hydrogens is 494 g/mol. The maximum atomic E-state index is 14.6. The number of halogens is 3. The molecule has 0 radical (unpaired) electrons. The lowest BCUT2D eigenvalue weighted by molar-refractivity contribution is 0.391. The summed E-state index contributed by atoms with van der Waals surface area (Å²) >= 11 is 6.90.